The van der Waals surface area contributed by atoms with E-state index in [9.17, 15) is 13.2 Å². The fourth-order valence-electron chi connectivity index (χ4n) is 3.41. The summed E-state index contributed by atoms with van der Waals surface area (Å²) in [6.45, 7) is 0.670. The van der Waals surface area contributed by atoms with E-state index in [0.29, 0.717) is 6.54 Å². The lowest BCUT2D eigenvalue weighted by Crippen LogP contribution is -2.41. The molecule has 0 radical (unpaired) electrons. The molecular weight excluding hydrogens is 352 g/mol. The van der Waals surface area contributed by atoms with E-state index in [0.717, 1.165) is 49.8 Å². The molecule has 6 nitrogen and oxygen atoms in total. The number of nitrogens with zero attached hydrogens (tertiary/aromatic N) is 1. The number of ether oxygens (including phenoxy) is 1. The van der Waals surface area contributed by atoms with Crippen LogP contribution in [0, 0.1) is 0 Å². The average Bonchev–Trinajstić information content (AvgIpc) is 2.88. The van der Waals surface area contributed by atoms with Gasteiger partial charge in [0.2, 0.25) is 15.9 Å². The first kappa shape index (κ1) is 20.7. The lowest BCUT2D eigenvalue weighted by Gasteiger charge is -2.28. The molecule has 26 heavy (non-hydrogen) atoms. The van der Waals surface area contributed by atoms with E-state index in [-0.39, 0.29) is 24.9 Å². The van der Waals surface area contributed by atoms with Crippen molar-refractivity contribution in [3.63, 3.8) is 0 Å². The van der Waals surface area contributed by atoms with Crippen LogP contribution in [0.15, 0.2) is 24.3 Å². The Morgan fingerprint density at radius 3 is 2.31 bits per heavy atom. The summed E-state index contributed by atoms with van der Waals surface area (Å²) >= 11 is 0. The summed E-state index contributed by atoms with van der Waals surface area (Å²) in [5, 5.41) is 2.86. The Hall–Kier alpha value is -1.60. The van der Waals surface area contributed by atoms with Crippen molar-refractivity contribution >= 4 is 15.9 Å². The number of carbonyl (C=O) groups excluding carboxylic acids is 1. The van der Waals surface area contributed by atoms with Crippen LogP contribution in [0.1, 0.15) is 50.5 Å². The van der Waals surface area contributed by atoms with Crippen LogP contribution in [0.5, 0.6) is 5.75 Å². The monoisotopic (exact) mass is 382 g/mol. The molecule has 1 saturated carbocycles. The Balaban J connectivity index is 1.85. The number of rotatable bonds is 8. The fraction of sp³-hybridized carbons (Fsp3) is 0.632. The van der Waals surface area contributed by atoms with E-state index in [1.54, 1.807) is 7.11 Å². The maximum absolute atomic E-state index is 12.2. The summed E-state index contributed by atoms with van der Waals surface area (Å²) in [6, 6.07) is 7.51. The van der Waals surface area contributed by atoms with Gasteiger partial charge in [-0.2, -0.15) is 4.31 Å². The van der Waals surface area contributed by atoms with Gasteiger partial charge in [-0.3, -0.25) is 4.79 Å². The zero-order valence-electron chi connectivity index (χ0n) is 15.7. The zero-order chi connectivity index (χ0) is 19.0. The van der Waals surface area contributed by atoms with Crippen molar-refractivity contribution in [3.8, 4) is 5.75 Å². The van der Waals surface area contributed by atoms with Gasteiger partial charge >= 0.3 is 0 Å². The molecule has 0 saturated heterocycles. The molecule has 1 aromatic rings. The molecule has 0 atom stereocenters. The molecule has 2 rings (SSSR count). The van der Waals surface area contributed by atoms with E-state index >= 15 is 0 Å². The Morgan fingerprint density at radius 2 is 1.77 bits per heavy atom. The lowest BCUT2D eigenvalue weighted by molar-refractivity contribution is -0.121. The molecule has 0 bridgehead atoms. The molecular formula is C19H30N2O4S. The van der Waals surface area contributed by atoms with Crippen molar-refractivity contribution in [3.05, 3.63) is 29.8 Å². The molecule has 0 aliphatic heterocycles. The van der Waals surface area contributed by atoms with Crippen LogP contribution in [0.3, 0.4) is 0 Å². The molecule has 1 N–H and O–H groups in total. The summed E-state index contributed by atoms with van der Waals surface area (Å²) in [7, 11) is -1.70. The molecule has 0 heterocycles. The van der Waals surface area contributed by atoms with E-state index in [2.05, 4.69) is 5.32 Å². The third-order valence-electron chi connectivity index (χ3n) is 4.87. The molecule has 1 amide bonds. The van der Waals surface area contributed by atoms with Gasteiger partial charge in [-0.05, 0) is 30.5 Å². The second-order valence-electron chi connectivity index (χ2n) is 6.89. The highest BCUT2D eigenvalue weighted by molar-refractivity contribution is 7.88. The van der Waals surface area contributed by atoms with Gasteiger partial charge in [0.15, 0.2) is 0 Å². The number of amides is 1. The third kappa shape index (κ3) is 6.61. The van der Waals surface area contributed by atoms with Gasteiger partial charge in [0.25, 0.3) is 0 Å². The Bertz CT molecular complexity index is 665. The van der Waals surface area contributed by atoms with Crippen LogP contribution in [-0.2, 0) is 21.4 Å². The smallest absolute Gasteiger partial charge is 0.221 e. The fourth-order valence-corrected chi connectivity index (χ4v) is 4.58. The normalized spacial score (nSPS) is 16.3. The molecule has 0 unspecified atom stereocenters. The number of nitrogens with one attached hydrogen (secondary N) is 1. The van der Waals surface area contributed by atoms with E-state index in [1.807, 2.05) is 24.3 Å². The summed E-state index contributed by atoms with van der Waals surface area (Å²) in [4.78, 5) is 12.2. The predicted octanol–water partition coefficient (Wildman–Crippen LogP) is 2.69. The minimum Gasteiger partial charge on any atom is -0.497 e. The van der Waals surface area contributed by atoms with Crippen molar-refractivity contribution < 1.29 is 17.9 Å². The molecule has 0 aromatic heterocycles. The van der Waals surface area contributed by atoms with Gasteiger partial charge in [0, 0.05) is 25.6 Å². The quantitative estimate of drug-likeness (QED) is 0.702. The van der Waals surface area contributed by atoms with Crippen molar-refractivity contribution in [2.24, 2.45) is 0 Å². The number of sulfonamides is 1. The molecule has 1 aliphatic rings. The molecule has 146 valence electrons. The van der Waals surface area contributed by atoms with Crippen LogP contribution >= 0.6 is 0 Å². The van der Waals surface area contributed by atoms with E-state index in [4.69, 9.17) is 4.74 Å². The summed E-state index contributed by atoms with van der Waals surface area (Å²) in [5.74, 6) is 0.635. The lowest BCUT2D eigenvalue weighted by atomic mass is 10.1. The largest absolute Gasteiger partial charge is 0.497 e. The van der Waals surface area contributed by atoms with Gasteiger partial charge in [0.1, 0.15) is 5.75 Å². The Kier molecular flexibility index (Phi) is 7.90. The number of methoxy groups -OCH3 is 1. The first-order chi connectivity index (χ1) is 12.4. The molecule has 7 heteroatoms. The highest BCUT2D eigenvalue weighted by Gasteiger charge is 2.27. The number of hydrogen-bond acceptors (Lipinski definition) is 4. The Labute approximate surface area is 157 Å². The van der Waals surface area contributed by atoms with Crippen molar-refractivity contribution in [2.45, 2.75) is 57.5 Å². The summed E-state index contributed by atoms with van der Waals surface area (Å²) in [6.07, 6.45) is 7.64. The maximum Gasteiger partial charge on any atom is 0.221 e. The minimum atomic E-state index is -3.31. The van der Waals surface area contributed by atoms with Crippen molar-refractivity contribution in [2.75, 3.05) is 19.9 Å². The summed E-state index contributed by atoms with van der Waals surface area (Å²) < 4.78 is 31.0. The van der Waals surface area contributed by atoms with Crippen LogP contribution in [0.2, 0.25) is 0 Å². The van der Waals surface area contributed by atoms with Gasteiger partial charge in [-0.1, -0.05) is 37.8 Å². The second kappa shape index (κ2) is 9.92. The minimum absolute atomic E-state index is 0.0295. The molecule has 1 fully saturated rings. The highest BCUT2D eigenvalue weighted by Crippen LogP contribution is 2.23. The van der Waals surface area contributed by atoms with E-state index < -0.39 is 10.0 Å². The third-order valence-corrected chi connectivity index (χ3v) is 6.20. The average molecular weight is 383 g/mol. The molecule has 1 aliphatic carbocycles. The first-order valence-corrected chi connectivity index (χ1v) is 11.1. The summed E-state index contributed by atoms with van der Waals surface area (Å²) in [5.41, 5.74) is 0.975. The van der Waals surface area contributed by atoms with Crippen LogP contribution in [0.25, 0.3) is 0 Å². The maximum atomic E-state index is 12.2. The van der Waals surface area contributed by atoms with Crippen molar-refractivity contribution in [1.29, 1.82) is 0 Å². The molecule has 1 aromatic carbocycles. The highest BCUT2D eigenvalue weighted by atomic mass is 32.2. The first-order valence-electron chi connectivity index (χ1n) is 9.26. The number of hydrogen-bond donors (Lipinski definition) is 1. The molecule has 0 spiro atoms. The zero-order valence-corrected chi connectivity index (χ0v) is 16.6. The second-order valence-corrected chi connectivity index (χ2v) is 8.83. The van der Waals surface area contributed by atoms with Crippen molar-refractivity contribution in [1.82, 2.24) is 9.62 Å². The van der Waals surface area contributed by atoms with Crippen LogP contribution in [-0.4, -0.2) is 44.6 Å². The SMILES string of the molecule is COc1ccc(CNC(=O)CCN(C2CCCCCC2)S(C)(=O)=O)cc1. The van der Waals surface area contributed by atoms with Gasteiger partial charge in [-0.15, -0.1) is 0 Å². The van der Waals surface area contributed by atoms with Crippen LogP contribution in [0.4, 0.5) is 0 Å². The van der Waals surface area contributed by atoms with Gasteiger partial charge in [-0.25, -0.2) is 8.42 Å². The predicted molar refractivity (Wildman–Crippen MR) is 102 cm³/mol. The number of carbonyl (C=O) groups is 1. The van der Waals surface area contributed by atoms with Gasteiger partial charge < -0.3 is 10.1 Å². The van der Waals surface area contributed by atoms with E-state index in [1.165, 1.54) is 10.6 Å². The Morgan fingerprint density at radius 1 is 1.15 bits per heavy atom. The standard InChI is InChI=1S/C19H30N2O4S/c1-25-18-11-9-16(10-12-18)15-20-19(22)13-14-21(26(2,23)24)17-7-5-3-4-6-8-17/h9-12,17H,3-8,13-15H2,1-2H3,(H,20,22). The van der Waals surface area contributed by atoms with Gasteiger partial charge in [0.05, 0.1) is 13.4 Å². The van der Waals surface area contributed by atoms with Crippen LogP contribution < -0.4 is 10.1 Å². The topological polar surface area (TPSA) is 75.7 Å². The number of benzene rings is 1.